The van der Waals surface area contributed by atoms with Crippen molar-refractivity contribution in [1.29, 1.82) is 0 Å². The van der Waals surface area contributed by atoms with Gasteiger partial charge in [0, 0.05) is 12.1 Å². The fourth-order valence-electron chi connectivity index (χ4n) is 1.48. The summed E-state index contributed by atoms with van der Waals surface area (Å²) < 4.78 is 0. The van der Waals surface area contributed by atoms with Gasteiger partial charge in [-0.05, 0) is 18.2 Å². The van der Waals surface area contributed by atoms with Crippen molar-refractivity contribution < 1.29 is 14.4 Å². The van der Waals surface area contributed by atoms with Crippen LogP contribution in [-0.4, -0.2) is 23.8 Å². The fraction of sp³-hybridized carbons (Fsp3) is 0.308. The molecule has 0 fully saturated rings. The first-order valence-corrected chi connectivity index (χ1v) is 6.65. The quantitative estimate of drug-likeness (QED) is 0.620. The van der Waals surface area contributed by atoms with Crippen molar-refractivity contribution in [3.8, 4) is 0 Å². The number of hydrogen-bond donors (Lipinski definition) is 4. The molecule has 3 amide bonds. The van der Waals surface area contributed by atoms with Crippen LogP contribution in [0.4, 0.5) is 11.4 Å². The van der Waals surface area contributed by atoms with Gasteiger partial charge < -0.3 is 22.1 Å². The Kier molecular flexibility index (Phi) is 6.13. The smallest absolute Gasteiger partial charge is 0.241 e. The molecule has 6 N–H and O–H groups in total. The SMILES string of the molecule is CCC(=O)Nc1ccc(Cl)c(NC(=O)C(N)CC(N)=O)c1. The summed E-state index contributed by atoms with van der Waals surface area (Å²) in [5, 5.41) is 5.41. The number of primary amides is 1. The molecule has 8 heteroatoms. The van der Waals surface area contributed by atoms with Crippen molar-refractivity contribution in [3.63, 3.8) is 0 Å². The van der Waals surface area contributed by atoms with Crippen molar-refractivity contribution in [1.82, 2.24) is 0 Å². The van der Waals surface area contributed by atoms with Gasteiger partial charge in [-0.1, -0.05) is 18.5 Å². The average Bonchev–Trinajstić information content (AvgIpc) is 2.41. The molecule has 0 spiro atoms. The zero-order valence-corrected chi connectivity index (χ0v) is 12.2. The molecule has 1 aromatic rings. The molecular weight excluding hydrogens is 296 g/mol. The highest BCUT2D eigenvalue weighted by Crippen LogP contribution is 2.25. The number of carbonyl (C=O) groups excluding carboxylic acids is 3. The van der Waals surface area contributed by atoms with Crippen molar-refractivity contribution in [3.05, 3.63) is 23.2 Å². The maximum atomic E-state index is 11.8. The molecule has 1 atom stereocenters. The third kappa shape index (κ3) is 5.41. The van der Waals surface area contributed by atoms with Crippen LogP contribution < -0.4 is 22.1 Å². The lowest BCUT2D eigenvalue weighted by molar-refractivity contribution is -0.123. The molecule has 0 aliphatic rings. The van der Waals surface area contributed by atoms with Crippen LogP contribution in [0.25, 0.3) is 0 Å². The predicted molar refractivity (Wildman–Crippen MR) is 80.8 cm³/mol. The van der Waals surface area contributed by atoms with E-state index in [0.717, 1.165) is 0 Å². The van der Waals surface area contributed by atoms with E-state index in [0.29, 0.717) is 12.1 Å². The fourth-order valence-corrected chi connectivity index (χ4v) is 1.65. The largest absolute Gasteiger partial charge is 0.370 e. The van der Waals surface area contributed by atoms with Gasteiger partial charge in [0.1, 0.15) is 0 Å². The van der Waals surface area contributed by atoms with E-state index in [1.165, 1.54) is 12.1 Å². The Morgan fingerprint density at radius 1 is 1.29 bits per heavy atom. The first-order valence-electron chi connectivity index (χ1n) is 6.27. The Morgan fingerprint density at radius 2 is 1.95 bits per heavy atom. The standard InChI is InChI=1S/C13H17ClN4O3/c1-2-12(20)17-7-3-4-8(14)10(5-7)18-13(21)9(15)6-11(16)19/h3-5,9H,2,6,15H2,1H3,(H2,16,19)(H,17,20)(H,18,21). The molecule has 0 aliphatic heterocycles. The molecule has 0 aliphatic carbocycles. The molecule has 7 nitrogen and oxygen atoms in total. The van der Waals surface area contributed by atoms with Crippen molar-refractivity contribution in [2.45, 2.75) is 25.8 Å². The molecule has 1 unspecified atom stereocenters. The van der Waals surface area contributed by atoms with Gasteiger partial charge in [-0.2, -0.15) is 0 Å². The second-order valence-corrected chi connectivity index (χ2v) is 4.77. The molecule has 0 saturated heterocycles. The molecule has 1 aromatic carbocycles. The highest BCUT2D eigenvalue weighted by atomic mass is 35.5. The average molecular weight is 313 g/mol. The molecule has 21 heavy (non-hydrogen) atoms. The minimum absolute atomic E-state index is 0.167. The zero-order valence-electron chi connectivity index (χ0n) is 11.5. The minimum Gasteiger partial charge on any atom is -0.370 e. The van der Waals surface area contributed by atoms with Gasteiger partial charge in [-0.25, -0.2) is 0 Å². The monoisotopic (exact) mass is 312 g/mol. The Morgan fingerprint density at radius 3 is 2.52 bits per heavy atom. The summed E-state index contributed by atoms with van der Waals surface area (Å²) >= 11 is 5.96. The van der Waals surface area contributed by atoms with E-state index < -0.39 is 17.9 Å². The molecular formula is C13H17ClN4O3. The summed E-state index contributed by atoms with van der Waals surface area (Å²) in [6.07, 6.45) is 0.0590. The number of nitrogens with one attached hydrogen (secondary N) is 2. The lowest BCUT2D eigenvalue weighted by Crippen LogP contribution is -2.39. The van der Waals surface area contributed by atoms with Crippen LogP contribution in [0.5, 0.6) is 0 Å². The Hall–Kier alpha value is -2.12. The first kappa shape index (κ1) is 16.9. The molecule has 0 radical (unpaired) electrons. The molecule has 114 valence electrons. The van der Waals surface area contributed by atoms with E-state index in [1.54, 1.807) is 13.0 Å². The number of benzene rings is 1. The Labute approximate surface area is 127 Å². The number of amides is 3. The summed E-state index contributed by atoms with van der Waals surface area (Å²) in [6.45, 7) is 1.72. The first-order chi connectivity index (χ1) is 9.83. The normalized spacial score (nSPS) is 11.6. The van der Waals surface area contributed by atoms with E-state index in [4.69, 9.17) is 23.1 Å². The summed E-state index contributed by atoms with van der Waals surface area (Å²) in [5.74, 6) is -1.43. The molecule has 0 heterocycles. The van der Waals surface area contributed by atoms with Crippen LogP contribution in [-0.2, 0) is 14.4 Å². The Bertz CT molecular complexity index is 562. The van der Waals surface area contributed by atoms with Crippen LogP contribution in [0.1, 0.15) is 19.8 Å². The highest BCUT2D eigenvalue weighted by molar-refractivity contribution is 6.34. The van der Waals surface area contributed by atoms with Crippen molar-refractivity contribution in [2.24, 2.45) is 11.5 Å². The predicted octanol–water partition coefficient (Wildman–Crippen LogP) is 0.830. The Balaban J connectivity index is 2.82. The second kappa shape index (κ2) is 7.61. The van der Waals surface area contributed by atoms with Gasteiger partial charge in [-0.3, -0.25) is 14.4 Å². The summed E-state index contributed by atoms with van der Waals surface area (Å²) in [6, 6.07) is 3.58. The molecule has 0 bridgehead atoms. The van der Waals surface area contributed by atoms with Crippen LogP contribution >= 0.6 is 11.6 Å². The van der Waals surface area contributed by atoms with Crippen molar-refractivity contribution >= 4 is 40.7 Å². The zero-order chi connectivity index (χ0) is 16.0. The lowest BCUT2D eigenvalue weighted by Gasteiger charge is -2.13. The third-order valence-electron chi connectivity index (χ3n) is 2.59. The molecule has 0 saturated carbocycles. The highest BCUT2D eigenvalue weighted by Gasteiger charge is 2.17. The van der Waals surface area contributed by atoms with Gasteiger partial charge in [0.25, 0.3) is 0 Å². The van der Waals surface area contributed by atoms with Gasteiger partial charge in [0.2, 0.25) is 17.7 Å². The van der Waals surface area contributed by atoms with Gasteiger partial charge in [0.05, 0.1) is 23.2 Å². The third-order valence-corrected chi connectivity index (χ3v) is 2.92. The molecule has 1 rings (SSSR count). The van der Waals surface area contributed by atoms with Gasteiger partial charge in [-0.15, -0.1) is 0 Å². The van der Waals surface area contributed by atoms with Gasteiger partial charge >= 0.3 is 0 Å². The van der Waals surface area contributed by atoms with Crippen LogP contribution in [0.2, 0.25) is 5.02 Å². The number of anilines is 2. The topological polar surface area (TPSA) is 127 Å². The van der Waals surface area contributed by atoms with E-state index in [2.05, 4.69) is 10.6 Å². The summed E-state index contributed by atoms with van der Waals surface area (Å²) in [5.41, 5.74) is 11.3. The number of nitrogens with two attached hydrogens (primary N) is 2. The van der Waals surface area contributed by atoms with Crippen LogP contribution in [0, 0.1) is 0 Å². The number of rotatable bonds is 6. The van der Waals surface area contributed by atoms with E-state index in [-0.39, 0.29) is 23.0 Å². The van der Waals surface area contributed by atoms with E-state index in [9.17, 15) is 14.4 Å². The minimum atomic E-state index is -1.06. The second-order valence-electron chi connectivity index (χ2n) is 4.36. The maximum Gasteiger partial charge on any atom is 0.241 e. The van der Waals surface area contributed by atoms with E-state index in [1.807, 2.05) is 0 Å². The summed E-state index contributed by atoms with van der Waals surface area (Å²) in [7, 11) is 0. The lowest BCUT2D eigenvalue weighted by atomic mass is 10.2. The number of halogens is 1. The summed E-state index contributed by atoms with van der Waals surface area (Å²) in [4.78, 5) is 33.9. The van der Waals surface area contributed by atoms with Crippen LogP contribution in [0.15, 0.2) is 18.2 Å². The van der Waals surface area contributed by atoms with Gasteiger partial charge in [0.15, 0.2) is 0 Å². The maximum absolute atomic E-state index is 11.8. The molecule has 0 aromatic heterocycles. The van der Waals surface area contributed by atoms with Crippen LogP contribution in [0.3, 0.4) is 0 Å². The number of hydrogen-bond acceptors (Lipinski definition) is 4. The number of carbonyl (C=O) groups is 3. The van der Waals surface area contributed by atoms with Crippen molar-refractivity contribution in [2.75, 3.05) is 10.6 Å². The van der Waals surface area contributed by atoms with E-state index >= 15 is 0 Å².